The van der Waals surface area contributed by atoms with Crippen molar-refractivity contribution in [1.82, 2.24) is 0 Å². The van der Waals surface area contributed by atoms with E-state index in [4.69, 9.17) is 4.74 Å². The molecule has 0 N–H and O–H groups in total. The molecule has 7 heteroatoms. The zero-order valence-electron chi connectivity index (χ0n) is 11.4. The Bertz CT molecular complexity index is 745. The normalized spacial score (nSPS) is 11.2. The number of nitrogens with zero attached hydrogens (tertiary/aromatic N) is 1. The van der Waals surface area contributed by atoms with E-state index in [9.17, 15) is 17.2 Å². The van der Waals surface area contributed by atoms with Gasteiger partial charge in [-0.05, 0) is 36.4 Å². The van der Waals surface area contributed by atoms with Crippen LogP contribution in [0.3, 0.4) is 0 Å². The lowest BCUT2D eigenvalue weighted by atomic mass is 10.3. The van der Waals surface area contributed by atoms with Crippen LogP contribution in [0.2, 0.25) is 0 Å². The molecule has 0 amide bonds. The fourth-order valence-electron chi connectivity index (χ4n) is 1.76. The minimum absolute atomic E-state index is 0.0468. The van der Waals surface area contributed by atoms with Crippen LogP contribution in [-0.4, -0.2) is 22.6 Å². The van der Waals surface area contributed by atoms with Crippen molar-refractivity contribution in [3.8, 4) is 5.75 Å². The Morgan fingerprint density at radius 2 is 1.67 bits per heavy atom. The van der Waals surface area contributed by atoms with Gasteiger partial charge < -0.3 is 4.74 Å². The van der Waals surface area contributed by atoms with Crippen LogP contribution in [0.25, 0.3) is 0 Å². The number of hydrogen-bond acceptors (Lipinski definition) is 3. The van der Waals surface area contributed by atoms with E-state index in [0.29, 0.717) is 10.1 Å². The van der Waals surface area contributed by atoms with Crippen LogP contribution in [0, 0.1) is 11.6 Å². The Kier molecular flexibility index (Phi) is 4.13. The lowest BCUT2D eigenvalue weighted by Crippen LogP contribution is -2.27. The van der Waals surface area contributed by atoms with Crippen molar-refractivity contribution in [3.05, 3.63) is 54.1 Å². The van der Waals surface area contributed by atoms with E-state index in [1.807, 2.05) is 0 Å². The van der Waals surface area contributed by atoms with Gasteiger partial charge in [0.05, 0.1) is 17.7 Å². The molecule has 0 fully saturated rings. The lowest BCUT2D eigenvalue weighted by Gasteiger charge is -2.20. The largest absolute Gasteiger partial charge is 0.497 e. The predicted molar refractivity (Wildman–Crippen MR) is 74.9 cm³/mol. The van der Waals surface area contributed by atoms with Crippen molar-refractivity contribution in [2.24, 2.45) is 0 Å². The van der Waals surface area contributed by atoms with Crippen molar-refractivity contribution >= 4 is 15.7 Å². The van der Waals surface area contributed by atoms with Crippen LogP contribution < -0.4 is 9.04 Å². The number of rotatable bonds is 4. The van der Waals surface area contributed by atoms with Gasteiger partial charge in [0.25, 0.3) is 10.0 Å². The Morgan fingerprint density at radius 3 is 2.24 bits per heavy atom. The third-order valence-corrected chi connectivity index (χ3v) is 4.75. The summed E-state index contributed by atoms with van der Waals surface area (Å²) in [5.41, 5.74) is -0.356. The predicted octanol–water partition coefficient (Wildman–Crippen LogP) is 2.80. The molecule has 2 rings (SSSR count). The van der Waals surface area contributed by atoms with Crippen molar-refractivity contribution < 1.29 is 21.9 Å². The minimum atomic E-state index is -3.99. The summed E-state index contributed by atoms with van der Waals surface area (Å²) in [6.07, 6.45) is 0. The first-order valence-corrected chi connectivity index (χ1v) is 7.38. The molecule has 0 aliphatic carbocycles. The number of halogens is 2. The van der Waals surface area contributed by atoms with Gasteiger partial charge in [0.15, 0.2) is 0 Å². The van der Waals surface area contributed by atoms with Gasteiger partial charge in [-0.15, -0.1) is 0 Å². The molecule has 0 aliphatic heterocycles. The molecule has 0 aromatic heterocycles. The van der Waals surface area contributed by atoms with Crippen molar-refractivity contribution in [2.75, 3.05) is 18.5 Å². The van der Waals surface area contributed by atoms with Gasteiger partial charge in [-0.1, -0.05) is 0 Å². The zero-order chi connectivity index (χ0) is 15.6. The number of methoxy groups -OCH3 is 1. The molecule has 0 saturated heterocycles. The molecule has 0 spiro atoms. The first kappa shape index (κ1) is 15.2. The molecule has 0 heterocycles. The SMILES string of the molecule is COc1ccc(S(=O)(=O)N(C)c2cc(F)ccc2F)cc1. The van der Waals surface area contributed by atoms with Crippen LogP contribution in [-0.2, 0) is 10.0 Å². The molecule has 4 nitrogen and oxygen atoms in total. The Balaban J connectivity index is 2.44. The van der Waals surface area contributed by atoms with E-state index < -0.39 is 21.7 Å². The van der Waals surface area contributed by atoms with Gasteiger partial charge in [0.1, 0.15) is 17.4 Å². The minimum Gasteiger partial charge on any atom is -0.497 e. The highest BCUT2D eigenvalue weighted by molar-refractivity contribution is 7.92. The Morgan fingerprint density at radius 1 is 1.05 bits per heavy atom. The molecule has 0 bridgehead atoms. The maximum Gasteiger partial charge on any atom is 0.264 e. The smallest absolute Gasteiger partial charge is 0.264 e. The molecule has 112 valence electrons. The second kappa shape index (κ2) is 5.69. The van der Waals surface area contributed by atoms with Gasteiger partial charge in [-0.25, -0.2) is 17.2 Å². The fraction of sp³-hybridized carbons (Fsp3) is 0.143. The summed E-state index contributed by atoms with van der Waals surface area (Å²) in [6, 6.07) is 8.25. The number of sulfonamides is 1. The first-order chi connectivity index (χ1) is 9.86. The third kappa shape index (κ3) is 2.97. The van der Waals surface area contributed by atoms with E-state index in [1.165, 1.54) is 31.4 Å². The highest BCUT2D eigenvalue weighted by Gasteiger charge is 2.24. The maximum absolute atomic E-state index is 13.7. The van der Waals surface area contributed by atoms with Crippen LogP contribution in [0.15, 0.2) is 47.4 Å². The monoisotopic (exact) mass is 313 g/mol. The van der Waals surface area contributed by atoms with Gasteiger partial charge in [0.2, 0.25) is 0 Å². The maximum atomic E-state index is 13.7. The standard InChI is InChI=1S/C14H13F2NO3S/c1-17(14-9-10(15)3-8-13(14)16)21(18,19)12-6-4-11(20-2)5-7-12/h3-9H,1-2H3. The quantitative estimate of drug-likeness (QED) is 0.872. The van der Waals surface area contributed by atoms with Crippen LogP contribution in [0.1, 0.15) is 0 Å². The van der Waals surface area contributed by atoms with E-state index in [0.717, 1.165) is 25.2 Å². The second-order valence-corrected chi connectivity index (χ2v) is 6.21. The lowest BCUT2D eigenvalue weighted by molar-refractivity contribution is 0.414. The average Bonchev–Trinajstić information content (AvgIpc) is 2.49. The molecular formula is C14H13F2NO3S. The van der Waals surface area contributed by atoms with Crippen LogP contribution in [0.4, 0.5) is 14.5 Å². The fourth-order valence-corrected chi connectivity index (χ4v) is 2.96. The summed E-state index contributed by atoms with van der Waals surface area (Å²) in [6.45, 7) is 0. The Labute approximate surface area is 121 Å². The van der Waals surface area contributed by atoms with Crippen molar-refractivity contribution in [2.45, 2.75) is 4.90 Å². The molecule has 0 radical (unpaired) electrons. The van der Waals surface area contributed by atoms with E-state index in [2.05, 4.69) is 0 Å². The molecule has 2 aromatic rings. The Hall–Kier alpha value is -2.15. The number of hydrogen-bond donors (Lipinski definition) is 0. The second-order valence-electron chi connectivity index (χ2n) is 4.24. The molecule has 2 aromatic carbocycles. The zero-order valence-corrected chi connectivity index (χ0v) is 12.2. The van der Waals surface area contributed by atoms with Gasteiger partial charge in [-0.3, -0.25) is 4.31 Å². The molecule has 0 atom stereocenters. The number of anilines is 1. The highest BCUT2D eigenvalue weighted by Crippen LogP contribution is 2.26. The van der Waals surface area contributed by atoms with E-state index in [-0.39, 0.29) is 10.6 Å². The van der Waals surface area contributed by atoms with Gasteiger partial charge >= 0.3 is 0 Å². The molecule has 21 heavy (non-hydrogen) atoms. The summed E-state index contributed by atoms with van der Waals surface area (Å²) in [4.78, 5) is -0.0468. The molecule has 0 saturated carbocycles. The summed E-state index contributed by atoms with van der Waals surface area (Å²) in [5, 5.41) is 0. The van der Waals surface area contributed by atoms with Crippen molar-refractivity contribution in [1.29, 1.82) is 0 Å². The van der Waals surface area contributed by atoms with Crippen LogP contribution in [0.5, 0.6) is 5.75 Å². The molecule has 0 aliphatic rings. The average molecular weight is 313 g/mol. The molecule has 0 unspecified atom stereocenters. The van der Waals surface area contributed by atoms with Crippen LogP contribution >= 0.6 is 0 Å². The van der Waals surface area contributed by atoms with E-state index >= 15 is 0 Å². The summed E-state index contributed by atoms with van der Waals surface area (Å²) >= 11 is 0. The molecular weight excluding hydrogens is 300 g/mol. The summed E-state index contributed by atoms with van der Waals surface area (Å²) < 4.78 is 57.3. The first-order valence-electron chi connectivity index (χ1n) is 5.94. The van der Waals surface area contributed by atoms with Gasteiger partial charge in [0, 0.05) is 13.1 Å². The summed E-state index contributed by atoms with van der Waals surface area (Å²) in [7, 11) is -1.36. The number of benzene rings is 2. The van der Waals surface area contributed by atoms with Gasteiger partial charge in [-0.2, -0.15) is 0 Å². The third-order valence-electron chi connectivity index (χ3n) is 2.97. The highest BCUT2D eigenvalue weighted by atomic mass is 32.2. The topological polar surface area (TPSA) is 46.6 Å². The van der Waals surface area contributed by atoms with Crippen molar-refractivity contribution in [3.63, 3.8) is 0 Å². The summed E-state index contributed by atoms with van der Waals surface area (Å²) in [5.74, 6) is -1.05. The number of ether oxygens (including phenoxy) is 1. The van der Waals surface area contributed by atoms with E-state index in [1.54, 1.807) is 0 Å².